The minimum atomic E-state index is -2.36. The van der Waals surface area contributed by atoms with E-state index in [4.69, 9.17) is 4.43 Å². The monoisotopic (exact) mass is 354 g/mol. The molecule has 0 radical (unpaired) electrons. The summed E-state index contributed by atoms with van der Waals surface area (Å²) < 4.78 is 6.92. The normalized spacial score (nSPS) is 18.0. The molecule has 1 atom stereocenters. The summed E-state index contributed by atoms with van der Waals surface area (Å²) in [5.41, 5.74) is 0. The molecule has 0 amide bonds. The Kier molecular flexibility index (Phi) is 5.33. The molecule has 3 heteroatoms. The highest BCUT2D eigenvalue weighted by atomic mass is 32.2. The number of rotatable bonds is 5. The lowest BCUT2D eigenvalue weighted by Crippen LogP contribution is -2.66. The lowest BCUT2D eigenvalue weighted by molar-refractivity contribution is 0.270. The molecule has 0 bridgehead atoms. The summed E-state index contributed by atoms with van der Waals surface area (Å²) in [6.45, 7) is 7.80. The predicted molar refractivity (Wildman–Crippen MR) is 109 cm³/mol. The number of thioether (sulfide) groups is 1. The third kappa shape index (κ3) is 3.39. The van der Waals surface area contributed by atoms with Crippen molar-refractivity contribution in [2.45, 2.75) is 25.8 Å². The maximum absolute atomic E-state index is 6.92. The molecule has 0 saturated carbocycles. The summed E-state index contributed by atoms with van der Waals surface area (Å²) in [4.78, 5) is 0. The fraction of sp³-hybridized carbons (Fsp3) is 0.333. The van der Waals surface area contributed by atoms with Gasteiger partial charge in [0, 0.05) is 18.3 Å². The highest BCUT2D eigenvalue weighted by Gasteiger charge is 2.50. The molecule has 2 aromatic carbocycles. The maximum atomic E-state index is 6.92. The minimum Gasteiger partial charge on any atom is -0.407 e. The van der Waals surface area contributed by atoms with Crippen molar-refractivity contribution in [3.8, 4) is 0 Å². The SMILES string of the molecule is CC(C)(C)[Si](OCC1C=CSC1)(c1ccccc1)c1ccccc1. The summed E-state index contributed by atoms with van der Waals surface area (Å²) in [5.74, 6) is 1.66. The Labute approximate surface area is 151 Å². The van der Waals surface area contributed by atoms with E-state index in [0.29, 0.717) is 5.92 Å². The van der Waals surface area contributed by atoms with Gasteiger partial charge in [-0.1, -0.05) is 87.5 Å². The number of hydrogen-bond donors (Lipinski definition) is 0. The van der Waals surface area contributed by atoms with Gasteiger partial charge in [0.15, 0.2) is 0 Å². The summed E-state index contributed by atoms with van der Waals surface area (Å²) in [6.07, 6.45) is 2.29. The van der Waals surface area contributed by atoms with E-state index >= 15 is 0 Å². The molecule has 0 spiro atoms. The van der Waals surface area contributed by atoms with Crippen LogP contribution in [0.25, 0.3) is 0 Å². The fourth-order valence-corrected chi connectivity index (χ4v) is 9.02. The molecular formula is C21H26OSSi. The van der Waals surface area contributed by atoms with Crippen LogP contribution in [-0.4, -0.2) is 20.7 Å². The molecule has 1 aliphatic rings. The van der Waals surface area contributed by atoms with Crippen molar-refractivity contribution in [2.24, 2.45) is 5.92 Å². The summed E-state index contributed by atoms with van der Waals surface area (Å²) >= 11 is 1.89. The fourth-order valence-electron chi connectivity index (χ4n) is 3.50. The Morgan fingerprint density at radius 2 is 1.50 bits per heavy atom. The van der Waals surface area contributed by atoms with E-state index in [2.05, 4.69) is 92.9 Å². The van der Waals surface area contributed by atoms with Crippen molar-refractivity contribution in [3.05, 3.63) is 72.1 Å². The Morgan fingerprint density at radius 3 is 1.92 bits per heavy atom. The van der Waals surface area contributed by atoms with Crippen LogP contribution in [0.1, 0.15) is 20.8 Å². The van der Waals surface area contributed by atoms with Crippen LogP contribution in [-0.2, 0) is 4.43 Å². The lowest BCUT2D eigenvalue weighted by atomic mass is 10.2. The van der Waals surface area contributed by atoms with E-state index in [1.54, 1.807) is 0 Å². The summed E-state index contributed by atoms with van der Waals surface area (Å²) in [7, 11) is -2.36. The van der Waals surface area contributed by atoms with Crippen molar-refractivity contribution >= 4 is 30.5 Å². The second-order valence-electron chi connectivity index (χ2n) is 7.40. The molecule has 2 aromatic rings. The van der Waals surface area contributed by atoms with Crippen LogP contribution in [0.3, 0.4) is 0 Å². The van der Waals surface area contributed by atoms with Gasteiger partial charge in [-0.2, -0.15) is 0 Å². The summed E-state index contributed by atoms with van der Waals surface area (Å²) in [5, 5.41) is 4.99. The van der Waals surface area contributed by atoms with Crippen LogP contribution in [0.15, 0.2) is 72.1 Å². The van der Waals surface area contributed by atoms with Gasteiger partial charge in [-0.3, -0.25) is 0 Å². The first-order valence-electron chi connectivity index (χ1n) is 8.57. The van der Waals surface area contributed by atoms with Crippen molar-refractivity contribution in [1.82, 2.24) is 0 Å². The molecular weight excluding hydrogens is 328 g/mol. The third-order valence-corrected chi connectivity index (χ3v) is 10.7. The molecule has 0 aliphatic carbocycles. The predicted octanol–water partition coefficient (Wildman–Crippen LogP) is 4.44. The van der Waals surface area contributed by atoms with Crippen LogP contribution >= 0.6 is 11.8 Å². The number of benzene rings is 2. The smallest absolute Gasteiger partial charge is 0.261 e. The van der Waals surface area contributed by atoms with E-state index in [1.807, 2.05) is 11.8 Å². The first kappa shape index (κ1) is 17.5. The molecule has 1 heterocycles. The Morgan fingerprint density at radius 1 is 0.958 bits per heavy atom. The van der Waals surface area contributed by atoms with Gasteiger partial charge in [0.2, 0.25) is 0 Å². The van der Waals surface area contributed by atoms with Gasteiger partial charge in [-0.05, 0) is 20.8 Å². The van der Waals surface area contributed by atoms with Crippen LogP contribution in [0, 0.1) is 5.92 Å². The highest BCUT2D eigenvalue weighted by Crippen LogP contribution is 2.37. The Bertz CT molecular complexity index is 636. The minimum absolute atomic E-state index is 0.0607. The Hall–Kier alpha value is -1.29. The van der Waals surface area contributed by atoms with Crippen molar-refractivity contribution in [1.29, 1.82) is 0 Å². The molecule has 0 N–H and O–H groups in total. The van der Waals surface area contributed by atoms with Crippen molar-refractivity contribution in [2.75, 3.05) is 12.4 Å². The van der Waals surface area contributed by atoms with Crippen LogP contribution in [0.4, 0.5) is 0 Å². The molecule has 3 rings (SSSR count). The summed E-state index contributed by atoms with van der Waals surface area (Å²) in [6, 6.07) is 21.8. The topological polar surface area (TPSA) is 9.23 Å². The standard InChI is InChI=1S/C21H26OSSi/c1-21(2,3)24(19-10-6-4-7-11-19,20-12-8-5-9-13-20)22-16-18-14-15-23-17-18/h4-15,18H,16-17H2,1-3H3. The van der Waals surface area contributed by atoms with Gasteiger partial charge in [0.25, 0.3) is 8.32 Å². The second kappa shape index (κ2) is 7.30. The molecule has 24 heavy (non-hydrogen) atoms. The van der Waals surface area contributed by atoms with E-state index in [-0.39, 0.29) is 5.04 Å². The Balaban J connectivity index is 2.08. The van der Waals surface area contributed by atoms with E-state index < -0.39 is 8.32 Å². The lowest BCUT2D eigenvalue weighted by Gasteiger charge is -2.43. The van der Waals surface area contributed by atoms with E-state index in [9.17, 15) is 0 Å². The first-order valence-corrected chi connectivity index (χ1v) is 11.5. The first-order chi connectivity index (χ1) is 11.5. The quantitative estimate of drug-likeness (QED) is 0.734. The molecule has 0 aromatic heterocycles. The third-order valence-electron chi connectivity index (χ3n) is 4.69. The maximum Gasteiger partial charge on any atom is 0.261 e. The van der Waals surface area contributed by atoms with Crippen LogP contribution in [0.5, 0.6) is 0 Å². The molecule has 1 aliphatic heterocycles. The van der Waals surface area contributed by atoms with Gasteiger partial charge in [0.1, 0.15) is 0 Å². The molecule has 0 saturated heterocycles. The van der Waals surface area contributed by atoms with Crippen molar-refractivity contribution < 1.29 is 4.43 Å². The number of hydrogen-bond acceptors (Lipinski definition) is 2. The van der Waals surface area contributed by atoms with Crippen LogP contribution in [0.2, 0.25) is 5.04 Å². The average molecular weight is 355 g/mol. The van der Waals surface area contributed by atoms with Gasteiger partial charge < -0.3 is 4.43 Å². The zero-order valence-electron chi connectivity index (χ0n) is 14.7. The van der Waals surface area contributed by atoms with E-state index in [0.717, 1.165) is 12.4 Å². The highest BCUT2D eigenvalue weighted by molar-refractivity contribution is 8.02. The molecule has 1 nitrogen and oxygen atoms in total. The average Bonchev–Trinajstić information content (AvgIpc) is 3.10. The van der Waals surface area contributed by atoms with Gasteiger partial charge in [-0.25, -0.2) is 0 Å². The molecule has 126 valence electrons. The van der Waals surface area contributed by atoms with Crippen molar-refractivity contribution in [3.63, 3.8) is 0 Å². The van der Waals surface area contributed by atoms with Gasteiger partial charge in [0.05, 0.1) is 0 Å². The van der Waals surface area contributed by atoms with Gasteiger partial charge in [-0.15, -0.1) is 11.8 Å². The zero-order chi connectivity index (χ0) is 17.0. The zero-order valence-corrected chi connectivity index (χ0v) is 16.6. The van der Waals surface area contributed by atoms with Crippen LogP contribution < -0.4 is 10.4 Å². The van der Waals surface area contributed by atoms with E-state index in [1.165, 1.54) is 10.4 Å². The molecule has 0 fully saturated rings. The molecule has 1 unspecified atom stereocenters. The second-order valence-corrected chi connectivity index (χ2v) is 12.6. The largest absolute Gasteiger partial charge is 0.407 e. The van der Waals surface area contributed by atoms with Gasteiger partial charge >= 0.3 is 0 Å².